The smallest absolute Gasteiger partial charge is 0.337 e. The van der Waals surface area contributed by atoms with Crippen LogP contribution in [0.15, 0.2) is 42.5 Å². The monoisotopic (exact) mass is 314 g/mol. The molecule has 0 aliphatic rings. The van der Waals surface area contributed by atoms with Gasteiger partial charge in [0.05, 0.1) is 17.9 Å². The summed E-state index contributed by atoms with van der Waals surface area (Å²) in [4.78, 5) is 23.4. The molecule has 0 bridgehead atoms. The van der Waals surface area contributed by atoms with Crippen LogP contribution in [0.2, 0.25) is 0 Å². The number of carbonyl (C=O) groups is 2. The van der Waals surface area contributed by atoms with E-state index >= 15 is 0 Å². The molecule has 0 spiro atoms. The van der Waals surface area contributed by atoms with Crippen LogP contribution in [0.25, 0.3) is 0 Å². The summed E-state index contributed by atoms with van der Waals surface area (Å²) in [7, 11) is 0. The number of nitrogens with one attached hydrogen (secondary N) is 1. The van der Waals surface area contributed by atoms with Crippen molar-refractivity contribution < 1.29 is 24.5 Å². The number of hydrogen-bond donors (Lipinski definition) is 2. The summed E-state index contributed by atoms with van der Waals surface area (Å²) in [6.45, 7) is 2.52. The maximum Gasteiger partial charge on any atom is 0.337 e. The highest BCUT2D eigenvalue weighted by Crippen LogP contribution is 2.21. The molecule has 0 aromatic heterocycles. The van der Waals surface area contributed by atoms with E-state index in [-0.39, 0.29) is 11.3 Å². The topological polar surface area (TPSA) is 98.7 Å². The first-order chi connectivity index (χ1) is 11.0. The number of aromatic carboxylic acids is 1. The highest BCUT2D eigenvalue weighted by atomic mass is 16.5. The van der Waals surface area contributed by atoms with Gasteiger partial charge in [0.15, 0.2) is 0 Å². The van der Waals surface area contributed by atoms with Gasteiger partial charge in [0, 0.05) is 5.56 Å². The van der Waals surface area contributed by atoms with Crippen LogP contribution in [-0.4, -0.2) is 23.6 Å². The van der Waals surface area contributed by atoms with Crippen LogP contribution in [0.3, 0.4) is 0 Å². The fourth-order valence-electron chi connectivity index (χ4n) is 1.95. The molecule has 120 valence electrons. The Labute approximate surface area is 133 Å². The first kappa shape index (κ1) is 16.4. The fraction of sp³-hybridized carbons (Fsp3) is 0.176. The molecule has 0 unspecified atom stereocenters. The van der Waals surface area contributed by atoms with E-state index in [1.54, 1.807) is 24.3 Å². The van der Waals surface area contributed by atoms with E-state index in [1.807, 2.05) is 6.92 Å². The summed E-state index contributed by atoms with van der Waals surface area (Å²) in [5.41, 5.74) is 0.160. The molecule has 2 aromatic rings. The van der Waals surface area contributed by atoms with Crippen LogP contribution >= 0.6 is 0 Å². The van der Waals surface area contributed by atoms with Crippen molar-refractivity contribution in [2.75, 3.05) is 11.9 Å². The molecule has 23 heavy (non-hydrogen) atoms. The van der Waals surface area contributed by atoms with Crippen LogP contribution in [0.5, 0.6) is 11.5 Å². The molecule has 0 aliphatic heterocycles. The molecular formula is C17H16NO5-. The van der Waals surface area contributed by atoms with Gasteiger partial charge >= 0.3 is 5.97 Å². The number of hydrogen-bond acceptors (Lipinski definition) is 4. The quantitative estimate of drug-likeness (QED) is 0.853. The third kappa shape index (κ3) is 4.23. The highest BCUT2D eigenvalue weighted by molar-refractivity contribution is 6.08. The zero-order chi connectivity index (χ0) is 16.8. The van der Waals surface area contributed by atoms with E-state index in [4.69, 9.17) is 9.84 Å². The molecule has 0 atom stereocenters. The van der Waals surface area contributed by atoms with Gasteiger partial charge in [-0.15, -0.1) is 5.75 Å². The minimum Gasteiger partial charge on any atom is -0.872 e. The predicted octanol–water partition coefficient (Wildman–Crippen LogP) is 2.50. The highest BCUT2D eigenvalue weighted by Gasteiger charge is 2.13. The minimum atomic E-state index is -1.28. The molecule has 6 heteroatoms. The van der Waals surface area contributed by atoms with E-state index in [2.05, 4.69) is 5.32 Å². The van der Waals surface area contributed by atoms with Gasteiger partial charge in [0.1, 0.15) is 5.75 Å². The molecule has 0 heterocycles. The van der Waals surface area contributed by atoms with Crippen LogP contribution in [0, 0.1) is 0 Å². The van der Waals surface area contributed by atoms with Crippen molar-refractivity contribution in [2.45, 2.75) is 13.3 Å². The van der Waals surface area contributed by atoms with Gasteiger partial charge in [0.25, 0.3) is 5.91 Å². The van der Waals surface area contributed by atoms with Crippen LogP contribution in [0.4, 0.5) is 5.69 Å². The molecule has 0 saturated carbocycles. The lowest BCUT2D eigenvalue weighted by molar-refractivity contribution is -0.268. The Morgan fingerprint density at radius 3 is 2.70 bits per heavy atom. The number of ether oxygens (including phenoxy) is 1. The Morgan fingerprint density at radius 1 is 1.22 bits per heavy atom. The largest absolute Gasteiger partial charge is 0.872 e. The maximum absolute atomic E-state index is 12.3. The van der Waals surface area contributed by atoms with Gasteiger partial charge < -0.3 is 20.3 Å². The van der Waals surface area contributed by atoms with Gasteiger partial charge in [-0.2, -0.15) is 0 Å². The van der Waals surface area contributed by atoms with Crippen LogP contribution in [-0.2, 0) is 0 Å². The number of amides is 1. The third-order valence-corrected chi connectivity index (χ3v) is 3.04. The van der Waals surface area contributed by atoms with Crippen molar-refractivity contribution in [3.05, 3.63) is 53.6 Å². The van der Waals surface area contributed by atoms with Crippen molar-refractivity contribution in [3.8, 4) is 11.5 Å². The van der Waals surface area contributed by atoms with Gasteiger partial charge in [-0.05, 0) is 30.7 Å². The second kappa shape index (κ2) is 7.31. The van der Waals surface area contributed by atoms with Crippen molar-refractivity contribution >= 4 is 17.6 Å². The van der Waals surface area contributed by atoms with E-state index in [0.29, 0.717) is 17.9 Å². The summed E-state index contributed by atoms with van der Waals surface area (Å²) >= 11 is 0. The Morgan fingerprint density at radius 2 is 2.00 bits per heavy atom. The molecule has 2 aromatic carbocycles. The second-order valence-corrected chi connectivity index (χ2v) is 4.84. The van der Waals surface area contributed by atoms with Crippen molar-refractivity contribution in [1.82, 2.24) is 0 Å². The van der Waals surface area contributed by atoms with E-state index < -0.39 is 17.6 Å². The number of carboxylic acid groups (broad SMARTS) is 1. The zero-order valence-corrected chi connectivity index (χ0v) is 12.5. The van der Waals surface area contributed by atoms with Crippen LogP contribution in [0.1, 0.15) is 34.1 Å². The average molecular weight is 314 g/mol. The van der Waals surface area contributed by atoms with E-state index in [1.165, 1.54) is 12.1 Å². The summed E-state index contributed by atoms with van der Waals surface area (Å²) in [5, 5.41) is 22.9. The standard InChI is InChI=1S/C17H17NO5/c1-2-8-23-13-5-3-4-11(9-13)16(20)18-15-7-6-12(19)10-14(15)17(21)22/h3-7,9-10,19H,2,8H2,1H3,(H,18,20)(H,21,22)/p-1. The Bertz CT molecular complexity index is 727. The first-order valence-corrected chi connectivity index (χ1v) is 7.10. The van der Waals surface area contributed by atoms with E-state index in [0.717, 1.165) is 12.5 Å². The minimum absolute atomic E-state index is 0.0713. The van der Waals surface area contributed by atoms with Gasteiger partial charge in [-0.25, -0.2) is 4.79 Å². The predicted molar refractivity (Wildman–Crippen MR) is 83.0 cm³/mol. The maximum atomic E-state index is 12.3. The van der Waals surface area contributed by atoms with Gasteiger partial charge in [0.2, 0.25) is 0 Å². The zero-order valence-electron chi connectivity index (χ0n) is 12.5. The number of benzene rings is 2. The summed E-state index contributed by atoms with van der Waals surface area (Å²) in [5.74, 6) is -1.63. The van der Waals surface area contributed by atoms with Gasteiger partial charge in [-0.1, -0.05) is 25.1 Å². The number of anilines is 1. The lowest BCUT2D eigenvalue weighted by Gasteiger charge is -2.13. The summed E-state index contributed by atoms with van der Waals surface area (Å²) in [6.07, 6.45) is 0.847. The lowest BCUT2D eigenvalue weighted by atomic mass is 10.1. The SMILES string of the molecule is CCCOc1cccc(C(=O)Nc2ccc([O-])cc2C(=O)O)c1. The summed E-state index contributed by atoms with van der Waals surface area (Å²) in [6, 6.07) is 10.0. The number of carbonyl (C=O) groups excluding carboxylic acids is 1. The number of rotatable bonds is 6. The molecule has 2 N–H and O–H groups in total. The molecule has 0 saturated heterocycles. The molecule has 0 aliphatic carbocycles. The van der Waals surface area contributed by atoms with Crippen molar-refractivity contribution in [1.29, 1.82) is 0 Å². The molecule has 6 nitrogen and oxygen atoms in total. The van der Waals surface area contributed by atoms with Crippen LogP contribution < -0.4 is 15.2 Å². The average Bonchev–Trinajstić information content (AvgIpc) is 2.54. The van der Waals surface area contributed by atoms with Gasteiger partial charge in [-0.3, -0.25) is 4.79 Å². The summed E-state index contributed by atoms with van der Waals surface area (Å²) < 4.78 is 5.46. The molecule has 1 amide bonds. The number of carboxylic acids is 1. The lowest BCUT2D eigenvalue weighted by Crippen LogP contribution is -2.15. The second-order valence-electron chi connectivity index (χ2n) is 4.84. The Balaban J connectivity index is 2.21. The Hall–Kier alpha value is -3.02. The van der Waals surface area contributed by atoms with E-state index in [9.17, 15) is 14.7 Å². The third-order valence-electron chi connectivity index (χ3n) is 3.04. The first-order valence-electron chi connectivity index (χ1n) is 7.10. The fourth-order valence-corrected chi connectivity index (χ4v) is 1.95. The molecule has 0 fully saturated rings. The molecular weight excluding hydrogens is 298 g/mol. The molecule has 2 rings (SSSR count). The molecule has 0 radical (unpaired) electrons. The Kier molecular flexibility index (Phi) is 5.19. The van der Waals surface area contributed by atoms with Crippen molar-refractivity contribution in [3.63, 3.8) is 0 Å². The normalized spacial score (nSPS) is 10.1. The van der Waals surface area contributed by atoms with Crippen molar-refractivity contribution in [2.24, 2.45) is 0 Å².